The van der Waals surface area contributed by atoms with E-state index in [1.807, 2.05) is 16.7 Å². The molecule has 7 heteroatoms. The maximum Gasteiger partial charge on any atom is 0.251 e. The number of nitrogens with zero attached hydrogens (tertiary/aromatic N) is 3. The Morgan fingerprint density at radius 3 is 2.76 bits per heavy atom. The van der Waals surface area contributed by atoms with Crippen molar-refractivity contribution in [1.82, 2.24) is 19.9 Å². The normalized spacial score (nSPS) is 10.8. The van der Waals surface area contributed by atoms with E-state index in [9.17, 15) is 9.18 Å². The molecule has 0 saturated heterocycles. The fraction of sp³-hybridized carbons (Fsp3) is 0.136. The third-order valence-electron chi connectivity index (χ3n) is 4.56. The Kier molecular flexibility index (Phi) is 5.20. The molecule has 0 aliphatic rings. The van der Waals surface area contributed by atoms with Crippen LogP contribution in [0.5, 0.6) is 5.75 Å². The van der Waals surface area contributed by atoms with Crippen LogP contribution in [0.1, 0.15) is 10.4 Å². The van der Waals surface area contributed by atoms with Crippen LogP contribution in [0.4, 0.5) is 4.39 Å². The van der Waals surface area contributed by atoms with Gasteiger partial charge in [-0.2, -0.15) is 0 Å². The number of hydrogen-bond donors (Lipinski definition) is 1. The average molecular weight is 390 g/mol. The highest BCUT2D eigenvalue weighted by Gasteiger charge is 2.14. The largest absolute Gasteiger partial charge is 0.497 e. The molecule has 1 amide bonds. The predicted molar refractivity (Wildman–Crippen MR) is 108 cm³/mol. The van der Waals surface area contributed by atoms with Crippen molar-refractivity contribution >= 4 is 17.1 Å². The van der Waals surface area contributed by atoms with Gasteiger partial charge in [0.2, 0.25) is 0 Å². The van der Waals surface area contributed by atoms with Gasteiger partial charge in [0.05, 0.1) is 7.11 Å². The van der Waals surface area contributed by atoms with E-state index in [0.29, 0.717) is 35.9 Å². The van der Waals surface area contributed by atoms with E-state index < -0.39 is 0 Å². The molecule has 0 bridgehead atoms. The van der Waals surface area contributed by atoms with Crippen molar-refractivity contribution in [1.29, 1.82) is 0 Å². The van der Waals surface area contributed by atoms with Crippen LogP contribution in [0.3, 0.4) is 0 Å². The van der Waals surface area contributed by atoms with Crippen molar-refractivity contribution in [3.8, 4) is 17.1 Å². The van der Waals surface area contributed by atoms with Gasteiger partial charge in [-0.15, -0.1) is 0 Å². The zero-order valence-corrected chi connectivity index (χ0v) is 15.8. The second-order valence-corrected chi connectivity index (χ2v) is 6.43. The van der Waals surface area contributed by atoms with E-state index in [4.69, 9.17) is 4.74 Å². The number of nitrogens with one attached hydrogen (secondary N) is 1. The van der Waals surface area contributed by atoms with Gasteiger partial charge in [0, 0.05) is 30.4 Å². The zero-order chi connectivity index (χ0) is 20.2. The summed E-state index contributed by atoms with van der Waals surface area (Å²) in [5.41, 5.74) is 2.76. The number of rotatable bonds is 6. The number of carbonyl (C=O) groups is 1. The summed E-state index contributed by atoms with van der Waals surface area (Å²) in [7, 11) is 1.56. The van der Waals surface area contributed by atoms with E-state index in [2.05, 4.69) is 15.3 Å². The summed E-state index contributed by atoms with van der Waals surface area (Å²) in [4.78, 5) is 21.5. The number of halogens is 1. The van der Waals surface area contributed by atoms with Crippen molar-refractivity contribution in [3.05, 3.63) is 78.2 Å². The molecule has 2 heterocycles. The van der Waals surface area contributed by atoms with Crippen molar-refractivity contribution in [2.45, 2.75) is 6.54 Å². The second-order valence-electron chi connectivity index (χ2n) is 6.43. The molecule has 2 aromatic carbocycles. The van der Waals surface area contributed by atoms with Gasteiger partial charge in [-0.05, 0) is 54.6 Å². The summed E-state index contributed by atoms with van der Waals surface area (Å²) in [6.07, 6.45) is 1.70. The third kappa shape index (κ3) is 3.94. The first kappa shape index (κ1) is 18.6. The van der Waals surface area contributed by atoms with E-state index in [1.165, 1.54) is 12.1 Å². The highest BCUT2D eigenvalue weighted by atomic mass is 19.1. The summed E-state index contributed by atoms with van der Waals surface area (Å²) < 4.78 is 20.4. The molecule has 4 rings (SSSR count). The minimum Gasteiger partial charge on any atom is -0.497 e. The lowest BCUT2D eigenvalue weighted by atomic mass is 10.2. The minimum absolute atomic E-state index is 0.190. The number of imidazole rings is 1. The fourth-order valence-corrected chi connectivity index (χ4v) is 3.14. The lowest BCUT2D eigenvalue weighted by Gasteiger charge is -2.10. The average Bonchev–Trinajstić information content (AvgIpc) is 3.13. The quantitative estimate of drug-likeness (QED) is 0.545. The molecule has 29 heavy (non-hydrogen) atoms. The molecule has 1 N–H and O–H groups in total. The zero-order valence-electron chi connectivity index (χ0n) is 15.8. The SMILES string of the molecule is COc1cccc(C(=O)NCCn2c(-c3ccc(F)cc3)nc3cccnc32)c1. The lowest BCUT2D eigenvalue weighted by molar-refractivity contribution is 0.0952. The van der Waals surface area contributed by atoms with E-state index >= 15 is 0 Å². The first-order chi connectivity index (χ1) is 14.2. The molecule has 6 nitrogen and oxygen atoms in total. The molecule has 4 aromatic rings. The Morgan fingerprint density at radius 1 is 1.14 bits per heavy atom. The Labute approximate surface area is 167 Å². The predicted octanol–water partition coefficient (Wildman–Crippen LogP) is 3.68. The van der Waals surface area contributed by atoms with Crippen molar-refractivity contribution in [3.63, 3.8) is 0 Å². The molecular weight excluding hydrogens is 371 g/mol. The number of methoxy groups -OCH3 is 1. The van der Waals surface area contributed by atoms with E-state index in [0.717, 1.165) is 11.1 Å². The number of benzene rings is 2. The standard InChI is InChI=1S/C22H19FN4O2/c1-29-18-5-2-4-16(14-18)22(28)25-12-13-27-20(15-7-9-17(23)10-8-15)26-19-6-3-11-24-21(19)27/h2-11,14H,12-13H2,1H3,(H,25,28). The van der Waals surface area contributed by atoms with Crippen LogP contribution < -0.4 is 10.1 Å². The molecule has 146 valence electrons. The molecule has 0 atom stereocenters. The monoisotopic (exact) mass is 390 g/mol. The highest BCUT2D eigenvalue weighted by Crippen LogP contribution is 2.23. The Bertz CT molecular complexity index is 1160. The molecule has 0 saturated carbocycles. The maximum atomic E-state index is 13.3. The van der Waals surface area contributed by atoms with Crippen LogP contribution >= 0.6 is 0 Å². The number of aromatic nitrogens is 3. The lowest BCUT2D eigenvalue weighted by Crippen LogP contribution is -2.27. The van der Waals surface area contributed by atoms with Crippen LogP contribution in [0, 0.1) is 5.82 Å². The minimum atomic E-state index is -0.305. The van der Waals surface area contributed by atoms with E-state index in [1.54, 1.807) is 49.7 Å². The van der Waals surface area contributed by atoms with Gasteiger partial charge in [0.1, 0.15) is 22.9 Å². The topological polar surface area (TPSA) is 69.0 Å². The number of fused-ring (bicyclic) bond motifs is 1. The molecule has 0 spiro atoms. The molecular formula is C22H19FN4O2. The maximum absolute atomic E-state index is 13.3. The summed E-state index contributed by atoms with van der Waals surface area (Å²) in [5, 5.41) is 2.91. The van der Waals surface area contributed by atoms with Crippen LogP contribution in [0.2, 0.25) is 0 Å². The molecule has 2 aromatic heterocycles. The van der Waals surface area contributed by atoms with Crippen molar-refractivity contribution < 1.29 is 13.9 Å². The molecule has 0 aliphatic carbocycles. The second kappa shape index (κ2) is 8.10. The van der Waals surface area contributed by atoms with Gasteiger partial charge >= 0.3 is 0 Å². The first-order valence-electron chi connectivity index (χ1n) is 9.15. The summed E-state index contributed by atoms with van der Waals surface area (Å²) >= 11 is 0. The first-order valence-corrected chi connectivity index (χ1v) is 9.15. The number of pyridine rings is 1. The summed E-state index contributed by atoms with van der Waals surface area (Å²) in [5.74, 6) is 0.806. The van der Waals surface area contributed by atoms with Gasteiger partial charge in [0.25, 0.3) is 5.91 Å². The van der Waals surface area contributed by atoms with Crippen molar-refractivity contribution in [2.24, 2.45) is 0 Å². The van der Waals surface area contributed by atoms with Gasteiger partial charge in [-0.1, -0.05) is 6.07 Å². The van der Waals surface area contributed by atoms with Crippen LogP contribution in [0.25, 0.3) is 22.6 Å². The van der Waals surface area contributed by atoms with E-state index in [-0.39, 0.29) is 11.7 Å². The van der Waals surface area contributed by atoms with Gasteiger partial charge in [0.15, 0.2) is 5.65 Å². The fourth-order valence-electron chi connectivity index (χ4n) is 3.14. The molecule has 0 fully saturated rings. The summed E-state index contributed by atoms with van der Waals surface area (Å²) in [6.45, 7) is 0.849. The number of hydrogen-bond acceptors (Lipinski definition) is 4. The summed E-state index contributed by atoms with van der Waals surface area (Å²) in [6, 6.07) is 16.8. The molecule has 0 unspecified atom stereocenters. The molecule has 0 radical (unpaired) electrons. The highest BCUT2D eigenvalue weighted by molar-refractivity contribution is 5.94. The van der Waals surface area contributed by atoms with Crippen LogP contribution in [-0.2, 0) is 6.54 Å². The van der Waals surface area contributed by atoms with Crippen LogP contribution in [-0.4, -0.2) is 34.1 Å². The Balaban J connectivity index is 1.56. The van der Waals surface area contributed by atoms with Crippen molar-refractivity contribution in [2.75, 3.05) is 13.7 Å². The molecule has 0 aliphatic heterocycles. The third-order valence-corrected chi connectivity index (χ3v) is 4.56. The number of ether oxygens (including phenoxy) is 1. The number of amides is 1. The Hall–Kier alpha value is -3.74. The Morgan fingerprint density at radius 2 is 1.97 bits per heavy atom. The van der Waals surface area contributed by atoms with Gasteiger partial charge < -0.3 is 14.6 Å². The van der Waals surface area contributed by atoms with Crippen LogP contribution in [0.15, 0.2) is 66.9 Å². The number of carbonyl (C=O) groups excluding carboxylic acids is 1. The smallest absolute Gasteiger partial charge is 0.251 e. The van der Waals surface area contributed by atoms with Gasteiger partial charge in [-0.25, -0.2) is 14.4 Å². The van der Waals surface area contributed by atoms with Gasteiger partial charge in [-0.3, -0.25) is 4.79 Å².